The van der Waals surface area contributed by atoms with E-state index in [4.69, 9.17) is 9.47 Å². The molecule has 0 spiro atoms. The van der Waals surface area contributed by atoms with Gasteiger partial charge in [0.1, 0.15) is 18.5 Å². The van der Waals surface area contributed by atoms with E-state index >= 15 is 0 Å². The van der Waals surface area contributed by atoms with Crippen LogP contribution in [0.2, 0.25) is 0 Å². The minimum absolute atomic E-state index is 0.0165. The fourth-order valence-corrected chi connectivity index (χ4v) is 1.93. The Kier molecular flexibility index (Phi) is 6.13. The van der Waals surface area contributed by atoms with E-state index in [1.165, 1.54) is 6.92 Å². The predicted molar refractivity (Wildman–Crippen MR) is 84.0 cm³/mol. The van der Waals surface area contributed by atoms with Gasteiger partial charge in [-0.2, -0.15) is 0 Å². The van der Waals surface area contributed by atoms with Crippen LogP contribution >= 0.6 is 0 Å². The zero-order valence-corrected chi connectivity index (χ0v) is 12.6. The van der Waals surface area contributed by atoms with Crippen molar-refractivity contribution in [3.63, 3.8) is 0 Å². The Hall–Kier alpha value is -2.17. The van der Waals surface area contributed by atoms with Gasteiger partial charge in [0.2, 0.25) is 0 Å². The minimum Gasteiger partial charge on any atom is -0.491 e. The highest BCUT2D eigenvalue weighted by Crippen LogP contribution is 2.14. The summed E-state index contributed by atoms with van der Waals surface area (Å²) in [7, 11) is 0. The summed E-state index contributed by atoms with van der Waals surface area (Å²) in [4.78, 5) is 11.3. The maximum absolute atomic E-state index is 11.3. The monoisotopic (exact) mass is 300 g/mol. The second-order valence-corrected chi connectivity index (χ2v) is 5.05. The van der Waals surface area contributed by atoms with Crippen LogP contribution < -0.4 is 4.74 Å². The first kappa shape index (κ1) is 16.2. The van der Waals surface area contributed by atoms with Crippen LogP contribution in [0.25, 0.3) is 0 Å². The van der Waals surface area contributed by atoms with E-state index in [0.29, 0.717) is 17.9 Å². The number of benzene rings is 2. The Morgan fingerprint density at radius 2 is 1.86 bits per heavy atom. The number of ketones is 1. The van der Waals surface area contributed by atoms with Crippen LogP contribution in [-0.4, -0.2) is 30.2 Å². The summed E-state index contributed by atoms with van der Waals surface area (Å²) in [6.07, 6.45) is -0.718. The van der Waals surface area contributed by atoms with Crippen LogP contribution in [0.1, 0.15) is 22.8 Å². The summed E-state index contributed by atoms with van der Waals surface area (Å²) >= 11 is 0. The van der Waals surface area contributed by atoms with Crippen molar-refractivity contribution in [2.45, 2.75) is 19.6 Å². The molecule has 1 unspecified atom stereocenters. The molecule has 2 aromatic rings. The Labute approximate surface area is 130 Å². The molecule has 1 atom stereocenters. The third kappa shape index (κ3) is 5.31. The van der Waals surface area contributed by atoms with Crippen molar-refractivity contribution in [3.05, 3.63) is 65.7 Å². The normalized spacial score (nSPS) is 11.9. The Balaban J connectivity index is 1.72. The van der Waals surface area contributed by atoms with E-state index in [1.54, 1.807) is 24.3 Å². The average molecular weight is 300 g/mol. The number of hydrogen-bond acceptors (Lipinski definition) is 4. The topological polar surface area (TPSA) is 55.8 Å². The first-order valence-corrected chi connectivity index (χ1v) is 7.18. The van der Waals surface area contributed by atoms with Crippen molar-refractivity contribution < 1.29 is 19.4 Å². The molecule has 0 saturated carbocycles. The van der Waals surface area contributed by atoms with Crippen molar-refractivity contribution in [2.75, 3.05) is 13.2 Å². The second kappa shape index (κ2) is 8.32. The van der Waals surface area contributed by atoms with Crippen LogP contribution in [0, 0.1) is 0 Å². The lowest BCUT2D eigenvalue weighted by Gasteiger charge is -2.13. The highest BCUT2D eigenvalue weighted by Gasteiger charge is 2.07. The smallest absolute Gasteiger partial charge is 0.159 e. The fourth-order valence-electron chi connectivity index (χ4n) is 1.93. The molecule has 116 valence electrons. The summed E-state index contributed by atoms with van der Waals surface area (Å²) in [6.45, 7) is 2.28. The molecule has 22 heavy (non-hydrogen) atoms. The highest BCUT2D eigenvalue weighted by atomic mass is 16.5. The van der Waals surface area contributed by atoms with Crippen LogP contribution in [0.5, 0.6) is 5.75 Å². The van der Waals surface area contributed by atoms with E-state index in [0.717, 1.165) is 5.56 Å². The molecule has 0 fully saturated rings. The molecule has 0 radical (unpaired) electrons. The van der Waals surface area contributed by atoms with Gasteiger partial charge in [0.15, 0.2) is 5.78 Å². The Morgan fingerprint density at radius 1 is 1.09 bits per heavy atom. The third-order valence-electron chi connectivity index (χ3n) is 3.10. The molecule has 0 amide bonds. The minimum atomic E-state index is -0.718. The standard InChI is InChI=1S/C18H20O4/c1-14(19)16-8-5-9-18(10-16)22-13-17(20)12-21-11-15-6-3-2-4-7-15/h2-10,17,20H,11-13H2,1H3. The number of carbonyl (C=O) groups is 1. The largest absolute Gasteiger partial charge is 0.491 e. The number of aliphatic hydroxyl groups excluding tert-OH is 1. The highest BCUT2D eigenvalue weighted by molar-refractivity contribution is 5.94. The summed E-state index contributed by atoms with van der Waals surface area (Å²) in [5.41, 5.74) is 1.65. The first-order chi connectivity index (χ1) is 10.6. The third-order valence-corrected chi connectivity index (χ3v) is 3.10. The molecule has 4 heteroatoms. The summed E-state index contributed by atoms with van der Waals surface area (Å²) in [5.74, 6) is 0.548. The van der Waals surface area contributed by atoms with Gasteiger partial charge in [0.25, 0.3) is 0 Å². The van der Waals surface area contributed by atoms with Crippen molar-refractivity contribution in [3.8, 4) is 5.75 Å². The molecular formula is C18H20O4. The molecule has 0 heterocycles. The van der Waals surface area contributed by atoms with E-state index in [-0.39, 0.29) is 19.0 Å². The van der Waals surface area contributed by atoms with Crippen LogP contribution in [0.4, 0.5) is 0 Å². The van der Waals surface area contributed by atoms with Gasteiger partial charge in [-0.05, 0) is 24.6 Å². The number of aliphatic hydroxyl groups is 1. The molecule has 4 nitrogen and oxygen atoms in total. The lowest BCUT2D eigenvalue weighted by molar-refractivity contribution is 0.00548. The molecule has 2 rings (SSSR count). The SMILES string of the molecule is CC(=O)c1cccc(OCC(O)COCc2ccccc2)c1. The molecule has 2 aromatic carbocycles. The molecule has 0 aliphatic rings. The van der Waals surface area contributed by atoms with E-state index in [1.807, 2.05) is 30.3 Å². The zero-order chi connectivity index (χ0) is 15.8. The van der Waals surface area contributed by atoms with Crippen molar-refractivity contribution >= 4 is 5.78 Å². The molecule has 1 N–H and O–H groups in total. The predicted octanol–water partition coefficient (Wildman–Crippen LogP) is 2.85. The van der Waals surface area contributed by atoms with Crippen molar-refractivity contribution in [1.82, 2.24) is 0 Å². The summed E-state index contributed by atoms with van der Waals surface area (Å²) < 4.78 is 10.9. The molecule has 0 aliphatic carbocycles. The van der Waals surface area contributed by atoms with Gasteiger partial charge in [0.05, 0.1) is 13.2 Å². The number of hydrogen-bond donors (Lipinski definition) is 1. The summed E-state index contributed by atoms with van der Waals surface area (Å²) in [6, 6.07) is 16.7. The lowest BCUT2D eigenvalue weighted by Crippen LogP contribution is -2.23. The van der Waals surface area contributed by atoms with Crippen molar-refractivity contribution in [2.24, 2.45) is 0 Å². The number of rotatable bonds is 8. The van der Waals surface area contributed by atoms with Gasteiger partial charge < -0.3 is 14.6 Å². The van der Waals surface area contributed by atoms with Crippen LogP contribution in [0.3, 0.4) is 0 Å². The maximum Gasteiger partial charge on any atom is 0.159 e. The van der Waals surface area contributed by atoms with E-state index in [2.05, 4.69) is 0 Å². The van der Waals surface area contributed by atoms with Gasteiger partial charge in [-0.25, -0.2) is 0 Å². The number of carbonyl (C=O) groups excluding carboxylic acids is 1. The van der Waals surface area contributed by atoms with Gasteiger partial charge in [-0.1, -0.05) is 42.5 Å². The van der Waals surface area contributed by atoms with Crippen LogP contribution in [0.15, 0.2) is 54.6 Å². The number of ether oxygens (including phenoxy) is 2. The molecule has 0 aromatic heterocycles. The molecule has 0 aliphatic heterocycles. The van der Waals surface area contributed by atoms with Gasteiger partial charge in [-0.15, -0.1) is 0 Å². The van der Waals surface area contributed by atoms with E-state index < -0.39 is 6.10 Å². The van der Waals surface area contributed by atoms with Gasteiger partial charge in [-0.3, -0.25) is 4.79 Å². The lowest BCUT2D eigenvalue weighted by atomic mass is 10.1. The van der Waals surface area contributed by atoms with E-state index in [9.17, 15) is 9.90 Å². The Bertz CT molecular complexity index is 595. The first-order valence-electron chi connectivity index (χ1n) is 7.18. The average Bonchev–Trinajstić information content (AvgIpc) is 2.54. The molecular weight excluding hydrogens is 280 g/mol. The Morgan fingerprint density at radius 3 is 2.59 bits per heavy atom. The quantitative estimate of drug-likeness (QED) is 0.762. The van der Waals surface area contributed by atoms with Gasteiger partial charge >= 0.3 is 0 Å². The fraction of sp³-hybridized carbons (Fsp3) is 0.278. The zero-order valence-electron chi connectivity index (χ0n) is 12.6. The van der Waals surface area contributed by atoms with Gasteiger partial charge in [0, 0.05) is 5.56 Å². The maximum atomic E-state index is 11.3. The van der Waals surface area contributed by atoms with Crippen molar-refractivity contribution in [1.29, 1.82) is 0 Å². The second-order valence-electron chi connectivity index (χ2n) is 5.05. The van der Waals surface area contributed by atoms with Crippen LogP contribution in [-0.2, 0) is 11.3 Å². The number of Topliss-reactive ketones (excluding diaryl/α,β-unsaturated/α-hetero) is 1. The summed E-state index contributed by atoms with van der Waals surface area (Å²) in [5, 5.41) is 9.85. The molecule has 0 saturated heterocycles. The molecule has 0 bridgehead atoms.